The van der Waals surface area contributed by atoms with Crippen molar-refractivity contribution in [1.82, 2.24) is 14.5 Å². The SMILES string of the molecule is Cc1csc(-c2ccc3cc(-c4c(C5CCCCC5)c5[pH]c(C(=O)O)cc5n4CC(=O)N4CCC(O)CC4)ccc3n2)c1. The van der Waals surface area contributed by atoms with Crippen LogP contribution in [-0.2, 0) is 11.3 Å². The van der Waals surface area contributed by atoms with E-state index in [1.807, 2.05) is 4.90 Å². The van der Waals surface area contributed by atoms with Crippen molar-refractivity contribution in [2.45, 2.75) is 70.4 Å². The van der Waals surface area contributed by atoms with Gasteiger partial charge in [0.25, 0.3) is 0 Å². The Balaban J connectivity index is 1.37. The van der Waals surface area contributed by atoms with E-state index in [0.29, 0.717) is 37.1 Å². The van der Waals surface area contributed by atoms with E-state index in [2.05, 4.69) is 53.3 Å². The number of hydrogen-bond acceptors (Lipinski definition) is 5. The minimum Gasteiger partial charge on any atom is -0.477 e. The number of aryl methyl sites for hydroxylation is 1. The Hall–Kier alpha value is -3.45. The van der Waals surface area contributed by atoms with Crippen molar-refractivity contribution in [1.29, 1.82) is 0 Å². The van der Waals surface area contributed by atoms with Crippen LogP contribution in [0.3, 0.4) is 0 Å². The van der Waals surface area contributed by atoms with Crippen molar-refractivity contribution < 1.29 is 19.8 Å². The molecule has 5 heterocycles. The molecule has 5 aromatic rings. The highest BCUT2D eigenvalue weighted by atomic mass is 32.1. The number of aromatic carboxylic acids is 1. The van der Waals surface area contributed by atoms with E-state index in [1.54, 1.807) is 17.4 Å². The molecule has 4 aromatic heterocycles. The Labute approximate surface area is 256 Å². The third-order valence-electron chi connectivity index (χ3n) is 9.18. The molecule has 43 heavy (non-hydrogen) atoms. The summed E-state index contributed by atoms with van der Waals surface area (Å²) in [5.41, 5.74) is 7.33. The van der Waals surface area contributed by atoms with Gasteiger partial charge in [-0.3, -0.25) is 4.79 Å². The lowest BCUT2D eigenvalue weighted by Crippen LogP contribution is -2.41. The molecule has 0 spiro atoms. The molecule has 1 aliphatic carbocycles. The fraction of sp³-hybridized carbons (Fsp3) is 0.382. The third kappa shape index (κ3) is 5.41. The molecule has 1 amide bonds. The minimum absolute atomic E-state index is 0.0139. The topological polar surface area (TPSA) is 95.7 Å². The smallest absolute Gasteiger partial charge is 0.339 e. The molecular weight excluding hydrogens is 577 g/mol. The Kier molecular flexibility index (Phi) is 7.62. The summed E-state index contributed by atoms with van der Waals surface area (Å²) in [6.45, 7) is 3.33. The number of aromatic nitrogens is 2. The lowest BCUT2D eigenvalue weighted by Gasteiger charge is -2.30. The largest absolute Gasteiger partial charge is 0.477 e. The number of piperidine rings is 1. The van der Waals surface area contributed by atoms with Gasteiger partial charge in [-0.15, -0.1) is 19.5 Å². The first-order valence-corrected chi connectivity index (χ1v) is 17.1. The van der Waals surface area contributed by atoms with Gasteiger partial charge in [-0.25, -0.2) is 9.78 Å². The van der Waals surface area contributed by atoms with Crippen LogP contribution >= 0.6 is 19.5 Å². The Morgan fingerprint density at radius 3 is 2.53 bits per heavy atom. The molecule has 0 radical (unpaired) electrons. The Morgan fingerprint density at radius 2 is 1.81 bits per heavy atom. The fourth-order valence-electron chi connectivity index (χ4n) is 6.95. The predicted octanol–water partition coefficient (Wildman–Crippen LogP) is 7.65. The van der Waals surface area contributed by atoms with Gasteiger partial charge in [-0.2, -0.15) is 0 Å². The number of benzene rings is 1. The van der Waals surface area contributed by atoms with Crippen LogP contribution in [0.15, 0.2) is 47.8 Å². The first-order valence-electron chi connectivity index (χ1n) is 15.3. The number of carboxylic acid groups (broad SMARTS) is 1. The average molecular weight is 614 g/mol. The molecule has 2 fully saturated rings. The van der Waals surface area contributed by atoms with E-state index in [4.69, 9.17) is 4.98 Å². The molecule has 2 aliphatic rings. The Bertz CT molecular complexity index is 1840. The number of pyridine rings is 1. The van der Waals surface area contributed by atoms with Crippen LogP contribution in [0.1, 0.15) is 72.1 Å². The van der Waals surface area contributed by atoms with Crippen molar-refractivity contribution >= 4 is 52.9 Å². The second kappa shape index (κ2) is 11.6. The monoisotopic (exact) mass is 613 g/mol. The van der Waals surface area contributed by atoms with Crippen molar-refractivity contribution in [3.63, 3.8) is 0 Å². The number of nitrogens with zero attached hydrogens (tertiary/aromatic N) is 3. The summed E-state index contributed by atoms with van der Waals surface area (Å²) in [5.74, 6) is -0.534. The van der Waals surface area contributed by atoms with Crippen LogP contribution in [0.25, 0.3) is 43.4 Å². The number of rotatable bonds is 6. The summed E-state index contributed by atoms with van der Waals surface area (Å²) in [6, 6.07) is 14.6. The van der Waals surface area contributed by atoms with Crippen molar-refractivity contribution in [2.75, 3.05) is 13.1 Å². The molecule has 7 rings (SSSR count). The van der Waals surface area contributed by atoms with Gasteiger partial charge >= 0.3 is 5.97 Å². The van der Waals surface area contributed by atoms with Crippen LogP contribution in [0.2, 0.25) is 0 Å². The number of fused-ring (bicyclic) bond motifs is 2. The number of thiophene rings is 1. The van der Waals surface area contributed by atoms with Crippen LogP contribution in [0, 0.1) is 6.92 Å². The number of likely N-dealkylation sites (tertiary alicyclic amines) is 1. The lowest BCUT2D eigenvalue weighted by molar-refractivity contribution is -0.133. The molecule has 0 bridgehead atoms. The van der Waals surface area contributed by atoms with Crippen molar-refractivity contribution in [3.05, 3.63) is 64.3 Å². The predicted molar refractivity (Wildman–Crippen MR) is 175 cm³/mol. The zero-order valence-corrected chi connectivity index (χ0v) is 26.1. The summed E-state index contributed by atoms with van der Waals surface area (Å²) in [4.78, 5) is 33.8. The summed E-state index contributed by atoms with van der Waals surface area (Å²) < 4.78 is 2.10. The van der Waals surface area contributed by atoms with E-state index < -0.39 is 5.97 Å². The molecular formula is C34H36N3O4PS. The second-order valence-electron chi connectivity index (χ2n) is 12.1. The van der Waals surface area contributed by atoms with Crippen LogP contribution in [-0.4, -0.2) is 55.7 Å². The normalized spacial score (nSPS) is 17.0. The van der Waals surface area contributed by atoms with Crippen molar-refractivity contribution in [3.8, 4) is 21.8 Å². The molecule has 1 saturated carbocycles. The standard InChI is InChI=1S/C34H36N3O4PS/c1-20-15-29(43-19-20)26-10-7-22-16-23(8-9-25(22)35-26)32-31(21-5-3-2-4-6-21)33-27(17-28(42-33)34(40)41)37(32)18-30(39)36-13-11-24(38)12-14-36/h7-10,15-17,19,21,24,38,42H,2-6,11-14,18H2,1H3,(H,40,41). The lowest BCUT2D eigenvalue weighted by atomic mass is 9.83. The number of carbonyl (C=O) groups excluding carboxylic acids is 1. The average Bonchev–Trinajstić information content (AvgIpc) is 3.72. The van der Waals surface area contributed by atoms with Crippen molar-refractivity contribution in [2.24, 2.45) is 0 Å². The zero-order valence-electron chi connectivity index (χ0n) is 24.3. The van der Waals surface area contributed by atoms with Gasteiger partial charge in [0.1, 0.15) is 6.54 Å². The van der Waals surface area contributed by atoms with E-state index in [-0.39, 0.29) is 26.7 Å². The summed E-state index contributed by atoms with van der Waals surface area (Å²) in [5, 5.41) is 24.6. The molecule has 1 aromatic carbocycles. The van der Waals surface area contributed by atoms with Gasteiger partial charge in [0, 0.05) is 23.6 Å². The van der Waals surface area contributed by atoms with Gasteiger partial charge in [-0.1, -0.05) is 31.4 Å². The molecule has 7 nitrogen and oxygen atoms in total. The number of carbonyl (C=O) groups is 2. The number of aliphatic hydroxyl groups excluding tert-OH is 1. The molecule has 1 aliphatic heterocycles. The number of amides is 1. The van der Waals surface area contributed by atoms with E-state index in [0.717, 1.165) is 69.0 Å². The molecule has 1 unspecified atom stereocenters. The highest BCUT2D eigenvalue weighted by Gasteiger charge is 2.30. The molecule has 1 saturated heterocycles. The minimum atomic E-state index is -0.887. The van der Waals surface area contributed by atoms with Crippen LogP contribution in [0.4, 0.5) is 0 Å². The maximum atomic E-state index is 13.7. The molecule has 9 heteroatoms. The van der Waals surface area contributed by atoms with Crippen LogP contribution in [0.5, 0.6) is 0 Å². The number of aliphatic hydroxyl groups is 1. The van der Waals surface area contributed by atoms with Gasteiger partial charge < -0.3 is 19.7 Å². The fourth-order valence-corrected chi connectivity index (χ4v) is 9.20. The van der Waals surface area contributed by atoms with Gasteiger partial charge in [0.2, 0.25) is 5.91 Å². The van der Waals surface area contributed by atoms with E-state index in [1.165, 1.54) is 17.5 Å². The maximum absolute atomic E-state index is 13.7. The summed E-state index contributed by atoms with van der Waals surface area (Å²) in [6.07, 6.45) is 6.52. The Morgan fingerprint density at radius 1 is 1.02 bits per heavy atom. The first kappa shape index (κ1) is 28.3. The van der Waals surface area contributed by atoms with Gasteiger partial charge in [-0.05, 0) is 90.9 Å². The van der Waals surface area contributed by atoms with Gasteiger partial charge in [0.15, 0.2) is 0 Å². The highest BCUT2D eigenvalue weighted by molar-refractivity contribution is 7.39. The molecule has 222 valence electrons. The summed E-state index contributed by atoms with van der Waals surface area (Å²) >= 11 is 1.70. The molecule has 1 atom stereocenters. The van der Waals surface area contributed by atoms with E-state index in [9.17, 15) is 19.8 Å². The van der Waals surface area contributed by atoms with Crippen LogP contribution < -0.4 is 0 Å². The first-order chi connectivity index (χ1) is 20.9. The quantitative estimate of drug-likeness (QED) is 0.205. The third-order valence-corrected chi connectivity index (χ3v) is 11.7. The zero-order chi connectivity index (χ0) is 29.7. The molecule has 2 N–H and O–H groups in total. The number of carboxylic acids is 1. The van der Waals surface area contributed by atoms with E-state index >= 15 is 0 Å². The highest BCUT2D eigenvalue weighted by Crippen LogP contribution is 2.48. The second-order valence-corrected chi connectivity index (χ2v) is 14.3. The number of hydrogen-bond donors (Lipinski definition) is 2. The summed E-state index contributed by atoms with van der Waals surface area (Å²) in [7, 11) is 0.0730. The maximum Gasteiger partial charge on any atom is 0.339 e. The van der Waals surface area contributed by atoms with Gasteiger partial charge in [0.05, 0.1) is 38.7 Å².